The second-order valence-corrected chi connectivity index (χ2v) is 5.45. The number of rotatable bonds is 3. The van der Waals surface area contributed by atoms with Gasteiger partial charge in [0.2, 0.25) is 0 Å². The minimum atomic E-state index is -0.519. The van der Waals surface area contributed by atoms with Gasteiger partial charge in [-0.15, -0.1) is 0 Å². The molecule has 0 spiro atoms. The molecule has 0 amide bonds. The minimum Gasteiger partial charge on any atom is -0.314 e. The molecule has 20 heavy (non-hydrogen) atoms. The van der Waals surface area contributed by atoms with E-state index in [1.807, 2.05) is 6.07 Å². The molecule has 2 aliphatic rings. The van der Waals surface area contributed by atoms with Crippen molar-refractivity contribution < 1.29 is 0 Å². The lowest BCUT2D eigenvalue weighted by molar-refractivity contribution is 0.634. The van der Waals surface area contributed by atoms with Crippen LogP contribution < -0.4 is 5.73 Å². The Hall–Kier alpha value is -1.86. The molecule has 102 valence electrons. The van der Waals surface area contributed by atoms with E-state index in [0.29, 0.717) is 0 Å². The molecule has 0 aliphatic heterocycles. The van der Waals surface area contributed by atoms with Crippen molar-refractivity contribution in [1.29, 1.82) is 0 Å². The molecule has 1 nitrogen and oxygen atoms in total. The molecule has 0 saturated carbocycles. The van der Waals surface area contributed by atoms with E-state index in [2.05, 4.69) is 60.7 Å². The van der Waals surface area contributed by atoms with E-state index in [4.69, 9.17) is 5.73 Å². The first-order chi connectivity index (χ1) is 9.82. The van der Waals surface area contributed by atoms with Gasteiger partial charge in [0, 0.05) is 0 Å². The van der Waals surface area contributed by atoms with Crippen LogP contribution in [-0.4, -0.2) is 0 Å². The first-order valence-electron chi connectivity index (χ1n) is 7.40. The van der Waals surface area contributed by atoms with Gasteiger partial charge >= 0.3 is 0 Å². The van der Waals surface area contributed by atoms with Gasteiger partial charge < -0.3 is 5.73 Å². The predicted molar refractivity (Wildman–Crippen MR) is 85.2 cm³/mol. The van der Waals surface area contributed by atoms with Crippen molar-refractivity contribution in [2.75, 3.05) is 0 Å². The smallest absolute Gasteiger partial charge is 0.0916 e. The molecular formula is C19H21N. The van der Waals surface area contributed by atoms with E-state index in [1.54, 1.807) is 0 Å². The second kappa shape index (κ2) is 5.64. The first kappa shape index (κ1) is 13.1. The summed E-state index contributed by atoms with van der Waals surface area (Å²) in [5.74, 6) is 0. The molecule has 1 aromatic rings. The Morgan fingerprint density at radius 2 is 1.30 bits per heavy atom. The average molecular weight is 263 g/mol. The summed E-state index contributed by atoms with van der Waals surface area (Å²) in [5, 5.41) is 0. The molecule has 0 unspecified atom stereocenters. The Morgan fingerprint density at radius 3 is 1.75 bits per heavy atom. The van der Waals surface area contributed by atoms with Crippen LogP contribution in [0.5, 0.6) is 0 Å². The lowest BCUT2D eigenvalue weighted by Gasteiger charge is -2.35. The van der Waals surface area contributed by atoms with E-state index < -0.39 is 5.54 Å². The molecule has 1 heteroatoms. The van der Waals surface area contributed by atoms with Crippen LogP contribution in [0.15, 0.2) is 77.9 Å². The van der Waals surface area contributed by atoms with E-state index in [9.17, 15) is 0 Å². The van der Waals surface area contributed by atoms with Crippen molar-refractivity contribution in [3.63, 3.8) is 0 Å². The molecule has 0 bridgehead atoms. The zero-order chi connectivity index (χ0) is 13.8. The van der Waals surface area contributed by atoms with E-state index in [1.165, 1.54) is 11.1 Å². The molecule has 2 aliphatic carbocycles. The normalized spacial score (nSPS) is 18.6. The zero-order valence-electron chi connectivity index (χ0n) is 11.8. The van der Waals surface area contributed by atoms with Crippen LogP contribution in [0, 0.1) is 0 Å². The summed E-state index contributed by atoms with van der Waals surface area (Å²) in [6.07, 6.45) is 17.8. The third-order valence-corrected chi connectivity index (χ3v) is 4.13. The number of benzene rings is 1. The Bertz CT molecular complexity index is 555. The lowest BCUT2D eigenvalue weighted by atomic mass is 9.74. The highest BCUT2D eigenvalue weighted by Gasteiger charge is 2.34. The van der Waals surface area contributed by atoms with Crippen molar-refractivity contribution in [2.45, 2.75) is 31.2 Å². The van der Waals surface area contributed by atoms with Gasteiger partial charge in [0.1, 0.15) is 0 Å². The molecule has 0 aromatic heterocycles. The molecule has 2 N–H and O–H groups in total. The fraction of sp³-hybridized carbons (Fsp3) is 0.263. The monoisotopic (exact) mass is 263 g/mol. The van der Waals surface area contributed by atoms with Crippen molar-refractivity contribution in [3.05, 3.63) is 83.5 Å². The highest BCUT2D eigenvalue weighted by Crippen LogP contribution is 2.38. The van der Waals surface area contributed by atoms with E-state index in [-0.39, 0.29) is 0 Å². The van der Waals surface area contributed by atoms with Gasteiger partial charge in [0.25, 0.3) is 0 Å². The fourth-order valence-electron chi connectivity index (χ4n) is 3.01. The van der Waals surface area contributed by atoms with Crippen molar-refractivity contribution in [2.24, 2.45) is 5.73 Å². The van der Waals surface area contributed by atoms with Crippen LogP contribution in [0.2, 0.25) is 0 Å². The topological polar surface area (TPSA) is 26.0 Å². The Morgan fingerprint density at radius 1 is 0.750 bits per heavy atom. The fourth-order valence-corrected chi connectivity index (χ4v) is 3.01. The Balaban J connectivity index is 2.12. The number of allylic oxidation sites excluding steroid dienone is 4. The average Bonchev–Trinajstić information content (AvgIpc) is 2.56. The maximum atomic E-state index is 6.93. The molecule has 0 radical (unpaired) electrons. The van der Waals surface area contributed by atoms with Crippen molar-refractivity contribution in [1.82, 2.24) is 0 Å². The van der Waals surface area contributed by atoms with Gasteiger partial charge in [-0.3, -0.25) is 0 Å². The summed E-state index contributed by atoms with van der Waals surface area (Å²) in [6.45, 7) is 0. The number of hydrogen-bond donors (Lipinski definition) is 1. The quantitative estimate of drug-likeness (QED) is 0.859. The second-order valence-electron chi connectivity index (χ2n) is 5.45. The maximum absolute atomic E-state index is 6.93. The summed E-state index contributed by atoms with van der Waals surface area (Å²) in [7, 11) is 0. The molecule has 0 saturated heterocycles. The van der Waals surface area contributed by atoms with Gasteiger partial charge in [-0.1, -0.05) is 66.8 Å². The highest BCUT2D eigenvalue weighted by atomic mass is 14.8. The SMILES string of the molecule is NC(C1=CCCC=C1)(C1=CCCC=C1)c1ccccc1. The van der Waals surface area contributed by atoms with Crippen LogP contribution in [0.25, 0.3) is 0 Å². The lowest BCUT2D eigenvalue weighted by Crippen LogP contribution is -2.40. The van der Waals surface area contributed by atoms with Crippen LogP contribution in [0.4, 0.5) is 0 Å². The van der Waals surface area contributed by atoms with Crippen LogP contribution in [0.3, 0.4) is 0 Å². The molecule has 1 aromatic carbocycles. The largest absolute Gasteiger partial charge is 0.314 e. The summed E-state index contributed by atoms with van der Waals surface area (Å²) >= 11 is 0. The first-order valence-corrected chi connectivity index (χ1v) is 7.40. The van der Waals surface area contributed by atoms with Crippen molar-refractivity contribution >= 4 is 0 Å². The predicted octanol–water partition coefficient (Wildman–Crippen LogP) is 4.39. The molecule has 0 atom stereocenters. The van der Waals surface area contributed by atoms with Gasteiger partial charge in [0.15, 0.2) is 0 Å². The molecule has 3 rings (SSSR count). The summed E-state index contributed by atoms with van der Waals surface area (Å²) < 4.78 is 0. The van der Waals surface area contributed by atoms with Crippen LogP contribution >= 0.6 is 0 Å². The number of hydrogen-bond acceptors (Lipinski definition) is 1. The summed E-state index contributed by atoms with van der Waals surface area (Å²) in [5.41, 5.74) is 10.0. The van der Waals surface area contributed by atoms with Gasteiger partial charge in [-0.2, -0.15) is 0 Å². The maximum Gasteiger partial charge on any atom is 0.0916 e. The number of nitrogens with two attached hydrogens (primary N) is 1. The minimum absolute atomic E-state index is 0.519. The van der Waals surface area contributed by atoms with Crippen LogP contribution in [-0.2, 0) is 5.54 Å². The molecule has 0 fully saturated rings. The third kappa shape index (κ3) is 2.30. The standard InChI is InChI=1S/C19H21N/c20-19(16-10-4-1-5-11-16,17-12-6-2-7-13-17)18-14-8-3-9-15-18/h1,4-6,8,10-15H,2-3,7,9,20H2. The molecule has 0 heterocycles. The summed E-state index contributed by atoms with van der Waals surface area (Å²) in [4.78, 5) is 0. The van der Waals surface area contributed by atoms with E-state index in [0.717, 1.165) is 31.2 Å². The third-order valence-electron chi connectivity index (χ3n) is 4.13. The highest BCUT2D eigenvalue weighted by molar-refractivity contribution is 5.53. The Kier molecular flexibility index (Phi) is 3.70. The molecular weight excluding hydrogens is 242 g/mol. The van der Waals surface area contributed by atoms with E-state index >= 15 is 0 Å². The van der Waals surface area contributed by atoms with Gasteiger partial charge in [-0.05, 0) is 42.4 Å². The zero-order valence-corrected chi connectivity index (χ0v) is 11.8. The summed E-state index contributed by atoms with van der Waals surface area (Å²) in [6, 6.07) is 10.4. The Labute approximate surface area is 121 Å². The van der Waals surface area contributed by atoms with Gasteiger partial charge in [0.05, 0.1) is 5.54 Å². The van der Waals surface area contributed by atoms with Crippen molar-refractivity contribution in [3.8, 4) is 0 Å². The van der Waals surface area contributed by atoms with Crippen LogP contribution in [0.1, 0.15) is 31.2 Å². The van der Waals surface area contributed by atoms with Gasteiger partial charge in [-0.25, -0.2) is 0 Å².